The molecule has 0 unspecified atom stereocenters. The number of hydrogen-bond acceptors (Lipinski definition) is 4. The molecule has 0 bridgehead atoms. The van der Waals surface area contributed by atoms with Crippen LogP contribution in [0, 0.1) is 11.3 Å². The van der Waals surface area contributed by atoms with Crippen LogP contribution in [-0.4, -0.2) is 17.0 Å². The van der Waals surface area contributed by atoms with Crippen molar-refractivity contribution in [3.8, 4) is 6.07 Å². The van der Waals surface area contributed by atoms with Crippen LogP contribution in [0.1, 0.15) is 23.7 Å². The van der Waals surface area contributed by atoms with E-state index >= 15 is 0 Å². The van der Waals surface area contributed by atoms with E-state index in [4.69, 9.17) is 5.26 Å². The summed E-state index contributed by atoms with van der Waals surface area (Å²) in [5.41, 5.74) is 2.81. The number of nitriles is 1. The summed E-state index contributed by atoms with van der Waals surface area (Å²) in [4.78, 5) is 10.5. The van der Waals surface area contributed by atoms with Gasteiger partial charge in [0.2, 0.25) is 0 Å². The van der Waals surface area contributed by atoms with Crippen molar-refractivity contribution in [1.82, 2.24) is 9.97 Å². The quantitative estimate of drug-likeness (QED) is 0.839. The summed E-state index contributed by atoms with van der Waals surface area (Å²) in [6.07, 6.45) is 2.49. The molecule has 0 atom stereocenters. The average Bonchev–Trinajstić information content (AvgIpc) is 2.47. The number of nitrogens with zero attached hydrogens (tertiary/aromatic N) is 4. The maximum Gasteiger partial charge on any atom is 0.132 e. The minimum absolute atomic E-state index is 0.683. The predicted octanol–water partition coefficient (Wildman–Crippen LogP) is 2.55. The Kier molecular flexibility index (Phi) is 4.09. The highest BCUT2D eigenvalue weighted by Gasteiger charge is 2.05. The number of anilines is 1. The second kappa shape index (κ2) is 5.96. The summed E-state index contributed by atoms with van der Waals surface area (Å²) in [6, 6.07) is 11.8. The van der Waals surface area contributed by atoms with Gasteiger partial charge in [0.1, 0.15) is 12.1 Å². The van der Waals surface area contributed by atoms with Gasteiger partial charge < -0.3 is 4.90 Å². The third-order valence-electron chi connectivity index (χ3n) is 2.94. The van der Waals surface area contributed by atoms with Crippen molar-refractivity contribution < 1.29 is 0 Å². The first-order valence-corrected chi connectivity index (χ1v) is 6.24. The molecule has 1 aromatic carbocycles. The van der Waals surface area contributed by atoms with Gasteiger partial charge in [0.25, 0.3) is 0 Å². The molecule has 0 saturated heterocycles. The Morgan fingerprint density at radius 2 is 2.11 bits per heavy atom. The van der Waals surface area contributed by atoms with Gasteiger partial charge in [0, 0.05) is 25.4 Å². The minimum atomic E-state index is 0.683. The third kappa shape index (κ3) is 3.29. The Hall–Kier alpha value is -2.41. The summed E-state index contributed by atoms with van der Waals surface area (Å²) >= 11 is 0. The third-order valence-corrected chi connectivity index (χ3v) is 2.94. The second-order valence-electron chi connectivity index (χ2n) is 4.39. The molecule has 4 nitrogen and oxygen atoms in total. The summed E-state index contributed by atoms with van der Waals surface area (Å²) in [7, 11) is 1.99. The van der Waals surface area contributed by atoms with E-state index in [1.54, 1.807) is 6.33 Å². The van der Waals surface area contributed by atoms with E-state index in [0.29, 0.717) is 5.56 Å². The van der Waals surface area contributed by atoms with Crippen LogP contribution in [0.5, 0.6) is 0 Å². The maximum atomic E-state index is 8.90. The van der Waals surface area contributed by atoms with E-state index in [1.807, 2.05) is 37.4 Å². The predicted molar refractivity (Wildman–Crippen MR) is 74.7 cm³/mol. The van der Waals surface area contributed by atoms with Gasteiger partial charge in [-0.15, -0.1) is 0 Å². The van der Waals surface area contributed by atoms with E-state index in [9.17, 15) is 0 Å². The van der Waals surface area contributed by atoms with E-state index in [0.717, 1.165) is 30.0 Å². The van der Waals surface area contributed by atoms with Gasteiger partial charge in [-0.2, -0.15) is 5.26 Å². The SMILES string of the molecule is CCc1cc(N(C)Cc2cccc(C#N)c2)ncn1. The van der Waals surface area contributed by atoms with Crippen LogP contribution >= 0.6 is 0 Å². The topological polar surface area (TPSA) is 52.8 Å². The molecule has 19 heavy (non-hydrogen) atoms. The molecular weight excluding hydrogens is 236 g/mol. The monoisotopic (exact) mass is 252 g/mol. The molecular formula is C15H16N4. The van der Waals surface area contributed by atoms with Gasteiger partial charge in [-0.05, 0) is 24.1 Å². The van der Waals surface area contributed by atoms with E-state index in [-0.39, 0.29) is 0 Å². The number of aryl methyl sites for hydroxylation is 1. The molecule has 2 rings (SSSR count). The fraction of sp³-hybridized carbons (Fsp3) is 0.267. The average molecular weight is 252 g/mol. The number of rotatable bonds is 4. The van der Waals surface area contributed by atoms with Crippen LogP contribution < -0.4 is 4.90 Å². The van der Waals surface area contributed by atoms with Crippen molar-refractivity contribution in [3.63, 3.8) is 0 Å². The van der Waals surface area contributed by atoms with Crippen LogP contribution in [-0.2, 0) is 13.0 Å². The zero-order valence-electron chi connectivity index (χ0n) is 11.2. The Morgan fingerprint density at radius 3 is 2.84 bits per heavy atom. The van der Waals surface area contributed by atoms with Crippen molar-refractivity contribution in [2.45, 2.75) is 19.9 Å². The van der Waals surface area contributed by atoms with Gasteiger partial charge in [-0.25, -0.2) is 9.97 Å². The highest BCUT2D eigenvalue weighted by atomic mass is 15.2. The molecule has 2 aromatic rings. The lowest BCUT2D eigenvalue weighted by molar-refractivity contribution is 0.877. The second-order valence-corrected chi connectivity index (χ2v) is 4.39. The molecule has 0 aliphatic heterocycles. The summed E-state index contributed by atoms with van der Waals surface area (Å²) in [6.45, 7) is 2.79. The van der Waals surface area contributed by atoms with E-state index in [1.165, 1.54) is 0 Å². The largest absolute Gasteiger partial charge is 0.355 e. The van der Waals surface area contributed by atoms with Gasteiger partial charge in [0.05, 0.1) is 11.6 Å². The zero-order chi connectivity index (χ0) is 13.7. The number of benzene rings is 1. The first-order chi connectivity index (χ1) is 9.22. The summed E-state index contributed by atoms with van der Waals surface area (Å²) < 4.78 is 0. The fourth-order valence-corrected chi connectivity index (χ4v) is 1.88. The lowest BCUT2D eigenvalue weighted by atomic mass is 10.1. The first-order valence-electron chi connectivity index (χ1n) is 6.24. The molecule has 0 N–H and O–H groups in total. The van der Waals surface area contributed by atoms with Crippen LogP contribution in [0.15, 0.2) is 36.7 Å². The van der Waals surface area contributed by atoms with Crippen molar-refractivity contribution in [1.29, 1.82) is 5.26 Å². The van der Waals surface area contributed by atoms with Crippen LogP contribution in [0.25, 0.3) is 0 Å². The molecule has 0 saturated carbocycles. The lowest BCUT2D eigenvalue weighted by Gasteiger charge is -2.18. The van der Waals surface area contributed by atoms with Crippen molar-refractivity contribution in [3.05, 3.63) is 53.5 Å². The van der Waals surface area contributed by atoms with E-state index < -0.39 is 0 Å². The first kappa shape index (κ1) is 13.0. The highest BCUT2D eigenvalue weighted by Crippen LogP contribution is 2.14. The van der Waals surface area contributed by atoms with Gasteiger partial charge in [-0.3, -0.25) is 0 Å². The molecule has 1 aromatic heterocycles. The maximum absolute atomic E-state index is 8.90. The Bertz CT molecular complexity index is 601. The normalized spacial score (nSPS) is 9.95. The molecule has 0 aliphatic carbocycles. The highest BCUT2D eigenvalue weighted by molar-refractivity contribution is 5.40. The molecule has 96 valence electrons. The van der Waals surface area contributed by atoms with E-state index in [2.05, 4.69) is 27.9 Å². The number of aromatic nitrogens is 2. The van der Waals surface area contributed by atoms with Crippen molar-refractivity contribution in [2.24, 2.45) is 0 Å². The lowest BCUT2D eigenvalue weighted by Crippen LogP contribution is -2.18. The molecule has 0 aliphatic rings. The Labute approximate surface area is 113 Å². The van der Waals surface area contributed by atoms with Crippen LogP contribution in [0.3, 0.4) is 0 Å². The minimum Gasteiger partial charge on any atom is -0.355 e. The van der Waals surface area contributed by atoms with Crippen LogP contribution in [0.4, 0.5) is 5.82 Å². The fourth-order valence-electron chi connectivity index (χ4n) is 1.88. The van der Waals surface area contributed by atoms with Crippen molar-refractivity contribution >= 4 is 5.82 Å². The summed E-state index contributed by atoms with van der Waals surface area (Å²) in [5, 5.41) is 8.90. The standard InChI is InChI=1S/C15H16N4/c1-3-14-8-15(18-11-17-14)19(2)10-13-6-4-5-12(7-13)9-16/h4-8,11H,3,10H2,1-2H3. The van der Waals surface area contributed by atoms with Crippen molar-refractivity contribution in [2.75, 3.05) is 11.9 Å². The molecule has 1 heterocycles. The zero-order valence-corrected chi connectivity index (χ0v) is 11.2. The molecule has 0 radical (unpaired) electrons. The Balaban J connectivity index is 2.15. The van der Waals surface area contributed by atoms with Gasteiger partial charge >= 0.3 is 0 Å². The molecule has 0 spiro atoms. The number of hydrogen-bond donors (Lipinski definition) is 0. The van der Waals surface area contributed by atoms with Gasteiger partial charge in [-0.1, -0.05) is 19.1 Å². The molecule has 4 heteroatoms. The summed E-state index contributed by atoms with van der Waals surface area (Å²) in [5.74, 6) is 0.897. The Morgan fingerprint density at radius 1 is 1.26 bits per heavy atom. The smallest absolute Gasteiger partial charge is 0.132 e. The molecule has 0 amide bonds. The molecule has 0 fully saturated rings. The van der Waals surface area contributed by atoms with Gasteiger partial charge in [0.15, 0.2) is 0 Å². The van der Waals surface area contributed by atoms with Crippen LogP contribution in [0.2, 0.25) is 0 Å².